The van der Waals surface area contributed by atoms with E-state index >= 15 is 0 Å². The number of quaternary nitrogens is 1. The summed E-state index contributed by atoms with van der Waals surface area (Å²) in [5.74, 6) is -0.360. The molecule has 17 nitrogen and oxygen atoms in total. The maximum atomic E-state index is 13.6. The van der Waals surface area contributed by atoms with Crippen molar-refractivity contribution in [3.63, 3.8) is 0 Å². The van der Waals surface area contributed by atoms with Gasteiger partial charge in [-0.3, -0.25) is 9.59 Å². The van der Waals surface area contributed by atoms with E-state index in [1.54, 1.807) is 0 Å². The minimum Gasteiger partial charge on any atom is -0.377 e. The van der Waals surface area contributed by atoms with E-state index in [0.717, 1.165) is 0 Å². The van der Waals surface area contributed by atoms with Crippen LogP contribution in [0.1, 0.15) is 26.2 Å². The molecule has 1 unspecified atom stereocenters. The van der Waals surface area contributed by atoms with Crippen LogP contribution in [-0.4, -0.2) is 240 Å². The first kappa shape index (κ1) is 61.3. The Morgan fingerprint density at radius 1 is 0.381 bits per heavy atom. The fraction of sp³-hybridized carbons (Fsp3) is 0.950. The molecule has 0 aromatic rings. The number of hydrogen-bond donors (Lipinski definition) is 0. The molecule has 0 N–H and O–H groups in total. The lowest BCUT2D eigenvalue weighted by Crippen LogP contribution is -2.64. The van der Waals surface area contributed by atoms with Crippen molar-refractivity contribution >= 4 is 11.6 Å². The topological polar surface area (TPSA) is 163 Å². The molecular formula is C40H74F6NO16+. The molecule has 0 aliphatic carbocycles. The van der Waals surface area contributed by atoms with Gasteiger partial charge in [0.15, 0.2) is 11.3 Å². The van der Waals surface area contributed by atoms with Gasteiger partial charge in [-0.25, -0.2) is 0 Å². The second-order valence-corrected chi connectivity index (χ2v) is 14.5. The highest BCUT2D eigenvalue weighted by molar-refractivity contribution is 5.94. The second kappa shape index (κ2) is 39.5. The summed E-state index contributed by atoms with van der Waals surface area (Å²) in [5, 5.41) is 0. The molecule has 0 heterocycles. The van der Waals surface area contributed by atoms with E-state index < -0.39 is 31.1 Å². The van der Waals surface area contributed by atoms with E-state index in [0.29, 0.717) is 92.1 Å². The standard InChI is InChI=1S/C40H74F6NO16/c1-5-6-38(47(2,3)4,37(49)33-61-28-24-57-20-16-53-12-8-51-10-14-55-18-22-59-26-30-63-35-40(44,45)46)31-36(48)32-60-27-23-56-19-15-52-11-7-50-9-13-54-17-21-58-25-29-62-34-39(41,42)43/h5-35H2,1-4H3/q+1. The van der Waals surface area contributed by atoms with Gasteiger partial charge in [0, 0.05) is 6.42 Å². The van der Waals surface area contributed by atoms with Gasteiger partial charge in [0.1, 0.15) is 26.4 Å². The van der Waals surface area contributed by atoms with Gasteiger partial charge in [0.2, 0.25) is 5.78 Å². The van der Waals surface area contributed by atoms with Crippen LogP contribution in [0.15, 0.2) is 0 Å². The zero-order chi connectivity index (χ0) is 47.0. The number of carbonyl (C=O) groups is 2. The first-order chi connectivity index (χ1) is 30.0. The highest BCUT2D eigenvalue weighted by Crippen LogP contribution is 2.31. The van der Waals surface area contributed by atoms with Gasteiger partial charge >= 0.3 is 12.4 Å². The van der Waals surface area contributed by atoms with Crippen molar-refractivity contribution < 1.29 is 107 Å². The van der Waals surface area contributed by atoms with Gasteiger partial charge in [0.05, 0.1) is 186 Å². The summed E-state index contributed by atoms with van der Waals surface area (Å²) < 4.78 is 146. The quantitative estimate of drug-likeness (QED) is 0.0497. The Morgan fingerprint density at radius 2 is 0.619 bits per heavy atom. The normalized spacial score (nSPS) is 13.5. The number of ketones is 2. The van der Waals surface area contributed by atoms with Crippen LogP contribution in [0.4, 0.5) is 26.3 Å². The van der Waals surface area contributed by atoms with Crippen LogP contribution in [0, 0.1) is 0 Å². The lowest BCUT2D eigenvalue weighted by atomic mass is 9.81. The number of carbonyl (C=O) groups excluding carboxylic acids is 2. The van der Waals surface area contributed by atoms with E-state index in [2.05, 4.69) is 9.47 Å². The van der Waals surface area contributed by atoms with Crippen LogP contribution in [0.3, 0.4) is 0 Å². The zero-order valence-corrected chi connectivity index (χ0v) is 37.7. The van der Waals surface area contributed by atoms with E-state index in [-0.39, 0.29) is 115 Å². The third kappa shape index (κ3) is 39.2. The molecule has 0 aromatic heterocycles. The molecule has 0 amide bonds. The Morgan fingerprint density at radius 3 is 0.857 bits per heavy atom. The smallest absolute Gasteiger partial charge is 0.377 e. The highest BCUT2D eigenvalue weighted by Gasteiger charge is 2.50. The predicted molar refractivity (Wildman–Crippen MR) is 214 cm³/mol. The monoisotopic (exact) mass is 938 g/mol. The Kier molecular flexibility index (Phi) is 38.4. The van der Waals surface area contributed by atoms with Crippen LogP contribution < -0.4 is 0 Å². The Labute approximate surface area is 368 Å². The predicted octanol–water partition coefficient (Wildman–Crippen LogP) is 3.12. The Bertz CT molecular complexity index is 1070. The average Bonchev–Trinajstić information content (AvgIpc) is 3.20. The molecule has 0 aromatic carbocycles. The molecule has 1 atom stereocenters. The van der Waals surface area contributed by atoms with E-state index in [4.69, 9.17) is 56.8 Å². The number of ether oxygens (including phenoxy) is 14. The fourth-order valence-corrected chi connectivity index (χ4v) is 5.36. The molecule has 0 aliphatic heterocycles. The lowest BCUT2D eigenvalue weighted by molar-refractivity contribution is -0.913. The maximum absolute atomic E-state index is 13.6. The van der Waals surface area contributed by atoms with E-state index in [1.807, 2.05) is 28.1 Å². The lowest BCUT2D eigenvalue weighted by Gasteiger charge is -2.44. The number of alkyl halides is 6. The Balaban J connectivity index is 3.91. The van der Waals surface area contributed by atoms with Gasteiger partial charge in [-0.2, -0.15) is 26.3 Å². The van der Waals surface area contributed by atoms with Gasteiger partial charge < -0.3 is 70.8 Å². The minimum atomic E-state index is -4.35. The number of rotatable bonds is 48. The molecule has 0 fully saturated rings. The molecule has 63 heavy (non-hydrogen) atoms. The van der Waals surface area contributed by atoms with Crippen molar-refractivity contribution in [2.75, 3.05) is 206 Å². The van der Waals surface area contributed by atoms with Crippen molar-refractivity contribution in [2.45, 2.75) is 44.1 Å². The summed E-state index contributed by atoms with van der Waals surface area (Å²) in [6.07, 6.45) is -7.50. The molecule has 0 spiro atoms. The van der Waals surface area contributed by atoms with Gasteiger partial charge in [0.25, 0.3) is 0 Å². The zero-order valence-electron chi connectivity index (χ0n) is 37.7. The highest BCUT2D eigenvalue weighted by atomic mass is 19.4. The molecule has 376 valence electrons. The molecule has 0 bridgehead atoms. The molecule has 0 radical (unpaired) electrons. The summed E-state index contributed by atoms with van der Waals surface area (Å²) in [6, 6.07) is 0. The van der Waals surface area contributed by atoms with Crippen LogP contribution in [0.25, 0.3) is 0 Å². The van der Waals surface area contributed by atoms with E-state index in [1.165, 1.54) is 0 Å². The molecular weight excluding hydrogens is 864 g/mol. The first-order valence-corrected chi connectivity index (χ1v) is 21.1. The number of Topliss-reactive ketones (excluding diaryl/α,β-unsaturated/α-hetero) is 2. The third-order valence-corrected chi connectivity index (χ3v) is 8.45. The molecule has 23 heteroatoms. The number of likely N-dealkylation sites (N-methyl/N-ethyl adjacent to an activating group) is 1. The van der Waals surface area contributed by atoms with Crippen LogP contribution in [-0.2, 0) is 75.9 Å². The summed E-state index contributed by atoms with van der Waals surface area (Å²) in [5.41, 5.74) is -0.991. The summed E-state index contributed by atoms with van der Waals surface area (Å²) in [6.45, 7) is 4.93. The molecule has 0 rings (SSSR count). The van der Waals surface area contributed by atoms with Gasteiger partial charge in [-0.1, -0.05) is 6.92 Å². The van der Waals surface area contributed by atoms with E-state index in [9.17, 15) is 35.9 Å². The number of nitrogens with zero attached hydrogens (tertiary/aromatic N) is 1. The Hall–Kier alpha value is -1.68. The van der Waals surface area contributed by atoms with Crippen molar-refractivity contribution in [2.24, 2.45) is 0 Å². The average molecular weight is 939 g/mol. The van der Waals surface area contributed by atoms with Crippen molar-refractivity contribution in [1.29, 1.82) is 0 Å². The summed E-state index contributed by atoms with van der Waals surface area (Å²) >= 11 is 0. The van der Waals surface area contributed by atoms with Crippen molar-refractivity contribution in [3.8, 4) is 0 Å². The number of halogens is 6. The molecule has 0 saturated heterocycles. The minimum absolute atomic E-state index is 0.00567. The van der Waals surface area contributed by atoms with Crippen LogP contribution >= 0.6 is 0 Å². The SMILES string of the molecule is CCCC(CC(=O)COCCOCCOCCOCCOCCOCCOCC(F)(F)F)(C(=O)COCCOCCOCCOCCOCCOCCOCC(F)(F)F)[N+](C)(C)C. The van der Waals surface area contributed by atoms with Crippen LogP contribution in [0.2, 0.25) is 0 Å². The summed E-state index contributed by atoms with van der Waals surface area (Å²) in [4.78, 5) is 26.7. The molecule has 0 aliphatic rings. The largest absolute Gasteiger partial charge is 0.411 e. The van der Waals surface area contributed by atoms with Gasteiger partial charge in [-0.15, -0.1) is 0 Å². The second-order valence-electron chi connectivity index (χ2n) is 14.5. The van der Waals surface area contributed by atoms with Crippen molar-refractivity contribution in [3.05, 3.63) is 0 Å². The molecule has 0 saturated carbocycles. The van der Waals surface area contributed by atoms with Gasteiger partial charge in [-0.05, 0) is 6.42 Å². The fourth-order valence-electron chi connectivity index (χ4n) is 5.36. The summed E-state index contributed by atoms with van der Waals surface area (Å²) in [7, 11) is 5.68. The van der Waals surface area contributed by atoms with Crippen molar-refractivity contribution in [1.82, 2.24) is 0 Å². The first-order valence-electron chi connectivity index (χ1n) is 21.1. The number of hydrogen-bond acceptors (Lipinski definition) is 16. The van der Waals surface area contributed by atoms with Crippen LogP contribution in [0.5, 0.6) is 0 Å². The third-order valence-electron chi connectivity index (χ3n) is 8.45. The maximum Gasteiger partial charge on any atom is 0.411 e.